The Bertz CT molecular complexity index is 552. The quantitative estimate of drug-likeness (QED) is 0.510. The maximum atomic E-state index is 11.7. The Morgan fingerprint density at radius 1 is 1.67 bits per heavy atom. The van der Waals surface area contributed by atoms with Crippen molar-refractivity contribution in [2.45, 2.75) is 31.0 Å². The number of nitrogens with one attached hydrogen (secondary N) is 1. The first-order valence-corrected chi connectivity index (χ1v) is 5.77. The Balaban J connectivity index is 2.45. The van der Waals surface area contributed by atoms with Crippen LogP contribution < -0.4 is 5.69 Å². The summed E-state index contributed by atoms with van der Waals surface area (Å²) in [5.74, 6) is 0. The van der Waals surface area contributed by atoms with Crippen molar-refractivity contribution in [3.05, 3.63) is 27.4 Å². The fourth-order valence-electron chi connectivity index (χ4n) is 2.00. The highest BCUT2D eigenvalue weighted by atomic mass is 32.1. The Kier molecular flexibility index (Phi) is 3.39. The Morgan fingerprint density at radius 2 is 2.33 bits per heavy atom. The predicted molar refractivity (Wildman–Crippen MR) is 63.5 cm³/mol. The fourth-order valence-corrected chi connectivity index (χ4v) is 2.15. The molecule has 1 aliphatic heterocycles. The minimum absolute atomic E-state index is 0.258. The molecule has 1 fully saturated rings. The number of aromatic nitrogens is 2. The summed E-state index contributed by atoms with van der Waals surface area (Å²) >= 11 is 4.80. The molecule has 7 nitrogen and oxygen atoms in total. The molecule has 4 N–H and O–H groups in total. The number of nitrogens with zero attached hydrogens (tertiary/aromatic N) is 1. The van der Waals surface area contributed by atoms with E-state index < -0.39 is 36.3 Å². The normalized spacial score (nSPS) is 35.9. The van der Waals surface area contributed by atoms with Gasteiger partial charge in [-0.05, 0) is 13.0 Å². The Labute approximate surface area is 107 Å². The smallest absolute Gasteiger partial charge is 0.328 e. The van der Waals surface area contributed by atoms with Crippen LogP contribution in [0.15, 0.2) is 17.1 Å². The van der Waals surface area contributed by atoms with Gasteiger partial charge in [0.25, 0.3) is 0 Å². The van der Waals surface area contributed by atoms with Crippen molar-refractivity contribution in [1.82, 2.24) is 9.55 Å². The minimum atomic E-state index is -1.69. The van der Waals surface area contributed by atoms with Gasteiger partial charge < -0.3 is 20.1 Å². The molecule has 0 bridgehead atoms. The van der Waals surface area contributed by atoms with Gasteiger partial charge in [0, 0.05) is 6.20 Å². The lowest BCUT2D eigenvalue weighted by Crippen LogP contribution is -2.46. The van der Waals surface area contributed by atoms with E-state index in [1.807, 2.05) is 0 Å². The number of aliphatic hydroxyl groups excluding tert-OH is 2. The second-order valence-electron chi connectivity index (χ2n) is 4.40. The average Bonchev–Trinajstić information content (AvgIpc) is 2.52. The number of ether oxygens (including phenoxy) is 1. The van der Waals surface area contributed by atoms with Gasteiger partial charge in [-0.15, -0.1) is 0 Å². The SMILES string of the molecule is CC1(O)[C@@H](O)[C@@H](CO)O[C@H]1n1ccc(=S)[nH]c1=O. The standard InChI is InChI=1S/C10H14N2O5S/c1-10(16)7(14)5(4-13)17-8(10)12-3-2-6(18)11-9(12)15/h2-3,5,7-8,13-14,16H,4H2,1H3,(H,11,15,18)/t5-,7+,8-,10?/m1/s1. The van der Waals surface area contributed by atoms with Crippen molar-refractivity contribution in [1.29, 1.82) is 0 Å². The molecule has 0 spiro atoms. The average molecular weight is 274 g/mol. The third kappa shape index (κ3) is 2.02. The van der Waals surface area contributed by atoms with E-state index in [4.69, 9.17) is 22.1 Å². The van der Waals surface area contributed by atoms with E-state index in [2.05, 4.69) is 4.98 Å². The Morgan fingerprint density at radius 3 is 2.83 bits per heavy atom. The van der Waals surface area contributed by atoms with Crippen LogP contribution in [0.5, 0.6) is 0 Å². The van der Waals surface area contributed by atoms with Gasteiger partial charge >= 0.3 is 5.69 Å². The zero-order valence-electron chi connectivity index (χ0n) is 9.61. The molecule has 1 unspecified atom stereocenters. The maximum Gasteiger partial charge on any atom is 0.328 e. The molecule has 1 aromatic rings. The number of aromatic amines is 1. The van der Waals surface area contributed by atoms with Crippen LogP contribution in [0.2, 0.25) is 0 Å². The van der Waals surface area contributed by atoms with E-state index in [-0.39, 0.29) is 4.64 Å². The monoisotopic (exact) mass is 274 g/mol. The van der Waals surface area contributed by atoms with Crippen LogP contribution >= 0.6 is 12.2 Å². The van der Waals surface area contributed by atoms with Crippen molar-refractivity contribution in [2.75, 3.05) is 6.61 Å². The molecule has 0 aromatic carbocycles. The van der Waals surface area contributed by atoms with Crippen LogP contribution in [-0.4, -0.2) is 49.3 Å². The van der Waals surface area contributed by atoms with Gasteiger partial charge in [0.1, 0.15) is 22.4 Å². The first kappa shape index (κ1) is 13.4. The summed E-state index contributed by atoms with van der Waals surface area (Å²) in [6.45, 7) is 0.886. The molecule has 0 saturated carbocycles. The van der Waals surface area contributed by atoms with E-state index in [0.29, 0.717) is 0 Å². The van der Waals surface area contributed by atoms with Crippen LogP contribution in [0.4, 0.5) is 0 Å². The number of hydrogen-bond acceptors (Lipinski definition) is 6. The molecular formula is C10H14N2O5S. The van der Waals surface area contributed by atoms with E-state index in [1.54, 1.807) is 0 Å². The summed E-state index contributed by atoms with van der Waals surface area (Å²) in [7, 11) is 0. The van der Waals surface area contributed by atoms with Crippen molar-refractivity contribution in [3.8, 4) is 0 Å². The number of rotatable bonds is 2. The zero-order valence-corrected chi connectivity index (χ0v) is 10.4. The highest BCUT2D eigenvalue weighted by Gasteiger charge is 2.53. The first-order chi connectivity index (χ1) is 8.37. The van der Waals surface area contributed by atoms with E-state index >= 15 is 0 Å². The van der Waals surface area contributed by atoms with Crippen LogP contribution in [-0.2, 0) is 4.74 Å². The van der Waals surface area contributed by atoms with E-state index in [0.717, 1.165) is 4.57 Å². The van der Waals surface area contributed by atoms with Gasteiger partial charge in [-0.3, -0.25) is 9.55 Å². The second-order valence-corrected chi connectivity index (χ2v) is 4.84. The molecule has 1 aromatic heterocycles. The molecule has 0 aliphatic carbocycles. The zero-order chi connectivity index (χ0) is 13.5. The summed E-state index contributed by atoms with van der Waals surface area (Å²) in [5, 5.41) is 29.0. The third-order valence-electron chi connectivity index (χ3n) is 3.04. The van der Waals surface area contributed by atoms with Crippen molar-refractivity contribution >= 4 is 12.2 Å². The predicted octanol–water partition coefficient (Wildman–Crippen LogP) is -1.09. The molecule has 8 heteroatoms. The van der Waals surface area contributed by atoms with Crippen LogP contribution in [0.25, 0.3) is 0 Å². The van der Waals surface area contributed by atoms with Crippen molar-refractivity contribution in [2.24, 2.45) is 0 Å². The van der Waals surface area contributed by atoms with Gasteiger partial charge in [-0.2, -0.15) is 0 Å². The van der Waals surface area contributed by atoms with Gasteiger partial charge in [-0.25, -0.2) is 4.79 Å². The van der Waals surface area contributed by atoms with Crippen molar-refractivity contribution < 1.29 is 20.1 Å². The summed E-state index contributed by atoms with van der Waals surface area (Å²) < 4.78 is 6.65. The fraction of sp³-hybridized carbons (Fsp3) is 0.600. The van der Waals surface area contributed by atoms with Crippen LogP contribution in [0.3, 0.4) is 0 Å². The van der Waals surface area contributed by atoms with Gasteiger partial charge in [-0.1, -0.05) is 12.2 Å². The lowest BCUT2D eigenvalue weighted by molar-refractivity contribution is -0.0987. The molecule has 1 saturated heterocycles. The molecular weight excluding hydrogens is 260 g/mol. The van der Waals surface area contributed by atoms with E-state index in [9.17, 15) is 15.0 Å². The van der Waals surface area contributed by atoms with Gasteiger partial charge in [0.15, 0.2) is 6.23 Å². The molecule has 1 aliphatic rings. The van der Waals surface area contributed by atoms with Crippen LogP contribution in [0.1, 0.15) is 13.2 Å². The summed E-state index contributed by atoms with van der Waals surface area (Å²) in [5.41, 5.74) is -2.24. The maximum absolute atomic E-state index is 11.7. The molecule has 100 valence electrons. The number of aliphatic hydroxyl groups is 3. The van der Waals surface area contributed by atoms with Crippen molar-refractivity contribution in [3.63, 3.8) is 0 Å². The molecule has 2 heterocycles. The van der Waals surface area contributed by atoms with Gasteiger partial charge in [0.2, 0.25) is 0 Å². The molecule has 0 radical (unpaired) electrons. The number of hydrogen-bond donors (Lipinski definition) is 4. The molecule has 4 atom stereocenters. The third-order valence-corrected chi connectivity index (χ3v) is 3.28. The van der Waals surface area contributed by atoms with Crippen LogP contribution in [0, 0.1) is 4.64 Å². The minimum Gasteiger partial charge on any atom is -0.394 e. The topological polar surface area (TPSA) is 108 Å². The largest absolute Gasteiger partial charge is 0.394 e. The first-order valence-electron chi connectivity index (χ1n) is 5.36. The van der Waals surface area contributed by atoms with Gasteiger partial charge in [0.05, 0.1) is 6.61 Å². The summed E-state index contributed by atoms with van der Waals surface area (Å²) in [6.07, 6.45) is -1.96. The second kappa shape index (κ2) is 4.56. The molecule has 0 amide bonds. The molecule has 2 rings (SSSR count). The highest BCUT2D eigenvalue weighted by Crippen LogP contribution is 2.37. The summed E-state index contributed by atoms with van der Waals surface area (Å²) in [4.78, 5) is 14.1. The Hall–Kier alpha value is -1.06. The lowest BCUT2D eigenvalue weighted by Gasteiger charge is -2.27. The van der Waals surface area contributed by atoms with E-state index in [1.165, 1.54) is 19.2 Å². The summed E-state index contributed by atoms with van der Waals surface area (Å²) in [6, 6.07) is 1.47. The highest BCUT2D eigenvalue weighted by molar-refractivity contribution is 7.71. The lowest BCUT2D eigenvalue weighted by atomic mass is 9.96. The molecule has 18 heavy (non-hydrogen) atoms. The number of H-pyrrole nitrogens is 1.